The van der Waals surface area contributed by atoms with Crippen molar-refractivity contribution in [3.8, 4) is 6.07 Å². The Kier molecular flexibility index (Phi) is 7.79. The van der Waals surface area contributed by atoms with Crippen molar-refractivity contribution < 1.29 is 22.7 Å². The van der Waals surface area contributed by atoms with Crippen molar-refractivity contribution in [3.05, 3.63) is 94.5 Å². The Morgan fingerprint density at radius 3 is 2.45 bits per heavy atom. The predicted octanol–water partition coefficient (Wildman–Crippen LogP) is 3.49. The van der Waals surface area contributed by atoms with Gasteiger partial charge in [0.25, 0.3) is 5.91 Å². The van der Waals surface area contributed by atoms with Crippen molar-refractivity contribution >= 4 is 39.2 Å². The third kappa shape index (κ3) is 6.63. The Hall–Kier alpha value is -3.71. The number of benzene rings is 3. The minimum Gasteiger partial charge on any atom is -0.452 e. The topological polar surface area (TPSA) is 125 Å². The van der Waals surface area contributed by atoms with Gasteiger partial charge in [-0.15, -0.1) is 0 Å². The predicted molar refractivity (Wildman–Crippen MR) is 122 cm³/mol. The van der Waals surface area contributed by atoms with E-state index in [0.29, 0.717) is 5.69 Å². The van der Waals surface area contributed by atoms with Gasteiger partial charge in [0.15, 0.2) is 6.61 Å². The second-order valence-electron chi connectivity index (χ2n) is 6.77. The molecule has 1 amide bonds. The molecule has 33 heavy (non-hydrogen) atoms. The number of nitriles is 1. The van der Waals surface area contributed by atoms with Crippen LogP contribution in [0.4, 0.5) is 5.69 Å². The molecule has 0 aliphatic rings. The number of nitrogens with one attached hydrogen (secondary N) is 2. The first kappa shape index (κ1) is 23.9. The highest BCUT2D eigenvalue weighted by Gasteiger charge is 2.17. The van der Waals surface area contributed by atoms with Crippen LogP contribution in [0.1, 0.15) is 21.5 Å². The summed E-state index contributed by atoms with van der Waals surface area (Å²) >= 11 is 5.92. The van der Waals surface area contributed by atoms with Gasteiger partial charge in [-0.3, -0.25) is 4.79 Å². The molecule has 0 atom stereocenters. The zero-order valence-electron chi connectivity index (χ0n) is 17.1. The van der Waals surface area contributed by atoms with Gasteiger partial charge in [0.05, 0.1) is 21.0 Å². The van der Waals surface area contributed by atoms with Crippen molar-refractivity contribution in [3.63, 3.8) is 0 Å². The van der Waals surface area contributed by atoms with Crippen LogP contribution in [0, 0.1) is 11.3 Å². The normalized spacial score (nSPS) is 10.8. The van der Waals surface area contributed by atoms with E-state index in [4.69, 9.17) is 21.6 Å². The van der Waals surface area contributed by atoms with E-state index in [-0.39, 0.29) is 27.6 Å². The van der Waals surface area contributed by atoms with E-state index in [2.05, 4.69) is 10.0 Å². The summed E-state index contributed by atoms with van der Waals surface area (Å²) < 4.78 is 32.6. The van der Waals surface area contributed by atoms with E-state index in [1.165, 1.54) is 42.5 Å². The number of sulfonamides is 1. The summed E-state index contributed by atoms with van der Waals surface area (Å²) in [5.74, 6) is -1.49. The largest absolute Gasteiger partial charge is 0.452 e. The monoisotopic (exact) mass is 483 g/mol. The van der Waals surface area contributed by atoms with Gasteiger partial charge in [0, 0.05) is 12.2 Å². The Labute approximate surface area is 195 Å². The minimum absolute atomic E-state index is 0.0215. The summed E-state index contributed by atoms with van der Waals surface area (Å²) in [6, 6.07) is 20.6. The van der Waals surface area contributed by atoms with Crippen LogP contribution in [-0.2, 0) is 26.1 Å². The number of nitrogens with zero attached hydrogens (tertiary/aromatic N) is 1. The van der Waals surface area contributed by atoms with Crippen molar-refractivity contribution in [1.82, 2.24) is 4.72 Å². The zero-order chi connectivity index (χ0) is 23.8. The molecule has 0 radical (unpaired) electrons. The summed E-state index contributed by atoms with van der Waals surface area (Å²) in [6.07, 6.45) is 0. The van der Waals surface area contributed by atoms with Crippen LogP contribution in [0.15, 0.2) is 77.7 Å². The van der Waals surface area contributed by atoms with Crippen LogP contribution in [0.25, 0.3) is 0 Å². The number of anilines is 1. The number of esters is 1. The molecule has 0 heterocycles. The molecule has 0 aliphatic carbocycles. The number of hydrogen-bond donors (Lipinski definition) is 2. The van der Waals surface area contributed by atoms with Gasteiger partial charge >= 0.3 is 5.97 Å². The molecule has 3 aromatic carbocycles. The minimum atomic E-state index is -3.87. The third-order valence-electron chi connectivity index (χ3n) is 4.40. The molecule has 10 heteroatoms. The molecule has 3 rings (SSSR count). The van der Waals surface area contributed by atoms with Crippen LogP contribution < -0.4 is 10.0 Å². The third-order valence-corrected chi connectivity index (χ3v) is 6.11. The Balaban J connectivity index is 1.59. The maximum absolute atomic E-state index is 12.6. The number of carbonyl (C=O) groups is 2. The summed E-state index contributed by atoms with van der Waals surface area (Å²) in [5.41, 5.74) is 1.35. The number of halogens is 1. The Morgan fingerprint density at radius 2 is 1.76 bits per heavy atom. The summed E-state index contributed by atoms with van der Waals surface area (Å²) in [5, 5.41) is 11.5. The first-order valence-electron chi connectivity index (χ1n) is 9.59. The number of hydrogen-bond acceptors (Lipinski definition) is 6. The second kappa shape index (κ2) is 10.7. The lowest BCUT2D eigenvalue weighted by atomic mass is 10.2. The van der Waals surface area contributed by atoms with Crippen molar-refractivity contribution in [2.45, 2.75) is 11.4 Å². The highest BCUT2D eigenvalue weighted by Crippen LogP contribution is 2.20. The first-order valence-corrected chi connectivity index (χ1v) is 11.4. The quantitative estimate of drug-likeness (QED) is 0.472. The average molecular weight is 484 g/mol. The fourth-order valence-corrected chi connectivity index (χ4v) is 4.03. The van der Waals surface area contributed by atoms with E-state index in [1.807, 2.05) is 12.1 Å². The van der Waals surface area contributed by atoms with Crippen molar-refractivity contribution in [2.24, 2.45) is 0 Å². The molecule has 8 nitrogen and oxygen atoms in total. The van der Waals surface area contributed by atoms with Gasteiger partial charge in [-0.05, 0) is 42.0 Å². The Morgan fingerprint density at radius 1 is 1.00 bits per heavy atom. The highest BCUT2D eigenvalue weighted by atomic mass is 35.5. The van der Waals surface area contributed by atoms with Crippen LogP contribution in [0.3, 0.4) is 0 Å². The molecule has 0 fully saturated rings. The fraction of sp³-hybridized carbons (Fsp3) is 0.0870. The molecule has 0 unspecified atom stereocenters. The van der Waals surface area contributed by atoms with Gasteiger partial charge in [0.1, 0.15) is 6.07 Å². The Bertz CT molecular complexity index is 1320. The van der Waals surface area contributed by atoms with Gasteiger partial charge < -0.3 is 10.1 Å². The van der Waals surface area contributed by atoms with Crippen molar-refractivity contribution in [1.29, 1.82) is 5.26 Å². The number of ether oxygens (including phenoxy) is 1. The van der Waals surface area contributed by atoms with Gasteiger partial charge in [0.2, 0.25) is 10.0 Å². The van der Waals surface area contributed by atoms with E-state index in [1.54, 1.807) is 24.3 Å². The van der Waals surface area contributed by atoms with Crippen LogP contribution in [0.2, 0.25) is 5.02 Å². The molecule has 0 aliphatic heterocycles. The lowest BCUT2D eigenvalue weighted by Gasteiger charge is -2.09. The SMILES string of the molecule is N#Cc1ccc(NC(=O)COC(=O)c2cccc(S(=O)(=O)NCc3ccccc3)c2)cc1Cl. The summed E-state index contributed by atoms with van der Waals surface area (Å²) in [4.78, 5) is 24.3. The molecule has 3 aromatic rings. The van der Waals surface area contributed by atoms with E-state index in [0.717, 1.165) is 5.56 Å². The molecule has 0 saturated carbocycles. The maximum atomic E-state index is 12.6. The molecule has 168 valence electrons. The molecule has 0 spiro atoms. The molecule has 0 bridgehead atoms. The number of carbonyl (C=O) groups excluding carboxylic acids is 2. The lowest BCUT2D eigenvalue weighted by molar-refractivity contribution is -0.119. The van der Waals surface area contributed by atoms with E-state index >= 15 is 0 Å². The standard InChI is InChI=1S/C23H18ClN3O5S/c24-21-12-19(10-9-18(21)13-25)27-22(28)15-32-23(29)17-7-4-8-20(11-17)33(30,31)26-14-16-5-2-1-3-6-16/h1-12,26H,14-15H2,(H,27,28). The molecule has 0 aromatic heterocycles. The lowest BCUT2D eigenvalue weighted by Crippen LogP contribution is -2.24. The molecule has 2 N–H and O–H groups in total. The van der Waals surface area contributed by atoms with Gasteiger partial charge in [-0.25, -0.2) is 17.9 Å². The maximum Gasteiger partial charge on any atom is 0.338 e. The molecular weight excluding hydrogens is 466 g/mol. The number of rotatable bonds is 8. The van der Waals surface area contributed by atoms with Gasteiger partial charge in [-0.1, -0.05) is 48.0 Å². The number of amides is 1. The molecule has 0 saturated heterocycles. The first-order chi connectivity index (χ1) is 15.8. The fourth-order valence-electron chi connectivity index (χ4n) is 2.74. The van der Waals surface area contributed by atoms with Gasteiger partial charge in [-0.2, -0.15) is 5.26 Å². The zero-order valence-corrected chi connectivity index (χ0v) is 18.7. The van der Waals surface area contributed by atoms with Crippen LogP contribution in [-0.4, -0.2) is 26.9 Å². The molecular formula is C23H18ClN3O5S. The van der Waals surface area contributed by atoms with Crippen molar-refractivity contribution in [2.75, 3.05) is 11.9 Å². The second-order valence-corrected chi connectivity index (χ2v) is 8.94. The van der Waals surface area contributed by atoms with E-state index < -0.39 is 28.5 Å². The summed E-state index contributed by atoms with van der Waals surface area (Å²) in [6.45, 7) is -0.503. The average Bonchev–Trinajstić information content (AvgIpc) is 2.82. The van der Waals surface area contributed by atoms with Crippen LogP contribution >= 0.6 is 11.6 Å². The summed E-state index contributed by atoms with van der Waals surface area (Å²) in [7, 11) is -3.87. The van der Waals surface area contributed by atoms with Crippen LogP contribution in [0.5, 0.6) is 0 Å². The smallest absolute Gasteiger partial charge is 0.338 e. The highest BCUT2D eigenvalue weighted by molar-refractivity contribution is 7.89. The van der Waals surface area contributed by atoms with E-state index in [9.17, 15) is 18.0 Å².